The molecule has 0 amide bonds. The van der Waals surface area contributed by atoms with Crippen molar-refractivity contribution in [1.82, 2.24) is 4.98 Å². The molecule has 0 aromatic carbocycles. The molecular formula is C13H19NO3. The first kappa shape index (κ1) is 13.6. The highest BCUT2D eigenvalue weighted by Crippen LogP contribution is 2.07. The number of aryl methyl sites for hydroxylation is 1. The van der Waals surface area contributed by atoms with Gasteiger partial charge in [-0.1, -0.05) is 12.8 Å². The first-order valence-corrected chi connectivity index (χ1v) is 5.91. The minimum absolute atomic E-state index is 0.244. The van der Waals surface area contributed by atoms with E-state index in [0.29, 0.717) is 0 Å². The number of hydrogen-bond donors (Lipinski definition) is 1. The van der Waals surface area contributed by atoms with E-state index in [4.69, 9.17) is 9.84 Å². The minimum Gasteiger partial charge on any atom is -0.478 e. The van der Waals surface area contributed by atoms with Gasteiger partial charge in [0.15, 0.2) is 0 Å². The number of pyridine rings is 1. The number of aromatic carboxylic acids is 1. The van der Waals surface area contributed by atoms with E-state index in [2.05, 4.69) is 4.98 Å². The summed E-state index contributed by atoms with van der Waals surface area (Å²) in [5, 5.41) is 8.72. The molecule has 1 heterocycles. The third-order valence-corrected chi connectivity index (χ3v) is 2.60. The molecule has 0 saturated carbocycles. The highest BCUT2D eigenvalue weighted by molar-refractivity contribution is 5.87. The molecule has 0 saturated heterocycles. The third kappa shape index (κ3) is 5.45. The Balaban J connectivity index is 2.21. The maximum absolute atomic E-state index is 10.6. The van der Waals surface area contributed by atoms with Crippen LogP contribution in [-0.2, 0) is 11.2 Å². The average molecular weight is 237 g/mol. The van der Waals surface area contributed by atoms with Crippen molar-refractivity contribution in [3.8, 4) is 0 Å². The summed E-state index contributed by atoms with van der Waals surface area (Å²) in [7, 11) is 1.72. The van der Waals surface area contributed by atoms with Crippen LogP contribution in [0.1, 0.15) is 41.7 Å². The van der Waals surface area contributed by atoms with Crippen LogP contribution in [0, 0.1) is 0 Å². The molecule has 0 aliphatic heterocycles. The molecule has 1 aromatic heterocycles. The molecule has 17 heavy (non-hydrogen) atoms. The Hall–Kier alpha value is -1.42. The standard InChI is InChI=1S/C13H19NO3/c1-17-9-5-3-2-4-6-12-8-7-11(10-14-12)13(15)16/h7-8,10H,2-6,9H2,1H3,(H,15,16). The predicted molar refractivity (Wildman–Crippen MR) is 65.2 cm³/mol. The van der Waals surface area contributed by atoms with Crippen molar-refractivity contribution in [3.05, 3.63) is 29.6 Å². The van der Waals surface area contributed by atoms with Crippen molar-refractivity contribution in [2.24, 2.45) is 0 Å². The normalized spacial score (nSPS) is 10.4. The Labute approximate surface area is 102 Å². The maximum Gasteiger partial charge on any atom is 0.337 e. The lowest BCUT2D eigenvalue weighted by molar-refractivity contribution is 0.0696. The minimum atomic E-state index is -0.927. The number of carboxylic acids is 1. The van der Waals surface area contributed by atoms with Crippen molar-refractivity contribution >= 4 is 5.97 Å². The van der Waals surface area contributed by atoms with Gasteiger partial charge in [0.05, 0.1) is 5.56 Å². The number of carboxylic acid groups (broad SMARTS) is 1. The molecule has 0 unspecified atom stereocenters. The lowest BCUT2D eigenvalue weighted by atomic mass is 10.1. The summed E-state index contributed by atoms with van der Waals surface area (Å²) in [6, 6.07) is 3.40. The van der Waals surface area contributed by atoms with E-state index in [-0.39, 0.29) is 5.56 Å². The topological polar surface area (TPSA) is 59.4 Å². The molecule has 1 rings (SSSR count). The second-order valence-electron chi connectivity index (χ2n) is 4.00. The van der Waals surface area contributed by atoms with Crippen molar-refractivity contribution in [1.29, 1.82) is 0 Å². The summed E-state index contributed by atoms with van der Waals surface area (Å²) in [5.41, 5.74) is 1.20. The van der Waals surface area contributed by atoms with Crippen LogP contribution in [0.3, 0.4) is 0 Å². The zero-order valence-electron chi connectivity index (χ0n) is 10.2. The molecule has 0 aliphatic rings. The smallest absolute Gasteiger partial charge is 0.337 e. The maximum atomic E-state index is 10.6. The quantitative estimate of drug-likeness (QED) is 0.706. The van der Waals surface area contributed by atoms with Gasteiger partial charge in [0.25, 0.3) is 0 Å². The van der Waals surface area contributed by atoms with Crippen molar-refractivity contribution in [3.63, 3.8) is 0 Å². The van der Waals surface area contributed by atoms with Gasteiger partial charge >= 0.3 is 5.97 Å². The number of nitrogens with zero attached hydrogens (tertiary/aromatic N) is 1. The van der Waals surface area contributed by atoms with Crippen molar-refractivity contribution in [2.75, 3.05) is 13.7 Å². The monoisotopic (exact) mass is 237 g/mol. The Bertz CT molecular complexity index is 335. The van der Waals surface area contributed by atoms with Gasteiger partial charge in [-0.15, -0.1) is 0 Å². The second-order valence-corrected chi connectivity index (χ2v) is 4.00. The number of carbonyl (C=O) groups is 1. The summed E-state index contributed by atoms with van der Waals surface area (Å²) in [5.74, 6) is -0.927. The SMILES string of the molecule is COCCCCCCc1ccc(C(=O)O)cn1. The van der Waals surface area contributed by atoms with Gasteiger partial charge < -0.3 is 9.84 Å². The number of ether oxygens (including phenoxy) is 1. The van der Waals surface area contributed by atoms with Crippen LogP contribution in [0.2, 0.25) is 0 Å². The fraction of sp³-hybridized carbons (Fsp3) is 0.538. The summed E-state index contributed by atoms with van der Waals surface area (Å²) >= 11 is 0. The summed E-state index contributed by atoms with van der Waals surface area (Å²) in [6.45, 7) is 0.825. The molecule has 94 valence electrons. The third-order valence-electron chi connectivity index (χ3n) is 2.60. The van der Waals surface area contributed by atoms with Gasteiger partial charge in [0, 0.05) is 25.6 Å². The number of aromatic nitrogens is 1. The molecule has 0 bridgehead atoms. The van der Waals surface area contributed by atoms with Crippen molar-refractivity contribution in [2.45, 2.75) is 32.1 Å². The van der Waals surface area contributed by atoms with Gasteiger partial charge in [0.2, 0.25) is 0 Å². The van der Waals surface area contributed by atoms with Gasteiger partial charge in [-0.25, -0.2) is 4.79 Å². The van der Waals surface area contributed by atoms with Crippen molar-refractivity contribution < 1.29 is 14.6 Å². The zero-order valence-corrected chi connectivity index (χ0v) is 10.2. The Morgan fingerprint density at radius 1 is 1.29 bits per heavy atom. The molecule has 4 nitrogen and oxygen atoms in total. The van der Waals surface area contributed by atoms with Crippen LogP contribution in [0.4, 0.5) is 0 Å². The van der Waals surface area contributed by atoms with Crippen LogP contribution >= 0.6 is 0 Å². The molecule has 1 N–H and O–H groups in total. The highest BCUT2D eigenvalue weighted by atomic mass is 16.5. The number of rotatable bonds is 8. The molecule has 4 heteroatoms. The lowest BCUT2D eigenvalue weighted by Crippen LogP contribution is -1.99. The van der Waals surface area contributed by atoms with Crippen LogP contribution in [0.15, 0.2) is 18.3 Å². The van der Waals surface area contributed by atoms with Crippen LogP contribution in [0.25, 0.3) is 0 Å². The van der Waals surface area contributed by atoms with E-state index in [0.717, 1.165) is 38.0 Å². The second kappa shape index (κ2) is 7.79. The highest BCUT2D eigenvalue weighted by Gasteiger charge is 2.02. The molecule has 0 atom stereocenters. The molecular weight excluding hydrogens is 218 g/mol. The van der Waals surface area contributed by atoms with E-state index in [1.165, 1.54) is 12.6 Å². The number of unbranched alkanes of at least 4 members (excludes halogenated alkanes) is 3. The Morgan fingerprint density at radius 2 is 2.06 bits per heavy atom. The summed E-state index contributed by atoms with van der Waals surface area (Å²) in [4.78, 5) is 14.7. The van der Waals surface area contributed by atoms with E-state index in [9.17, 15) is 4.79 Å². The first-order valence-electron chi connectivity index (χ1n) is 5.91. The zero-order chi connectivity index (χ0) is 12.5. The number of methoxy groups -OCH3 is 1. The van der Waals surface area contributed by atoms with Crippen LogP contribution in [0.5, 0.6) is 0 Å². The average Bonchev–Trinajstić information content (AvgIpc) is 2.34. The van der Waals surface area contributed by atoms with Gasteiger partial charge in [-0.05, 0) is 31.4 Å². The fourth-order valence-corrected chi connectivity index (χ4v) is 1.60. The lowest BCUT2D eigenvalue weighted by Gasteiger charge is -2.02. The van der Waals surface area contributed by atoms with Gasteiger partial charge in [0.1, 0.15) is 0 Å². The molecule has 0 fully saturated rings. The van der Waals surface area contributed by atoms with E-state index >= 15 is 0 Å². The van der Waals surface area contributed by atoms with E-state index < -0.39 is 5.97 Å². The molecule has 0 radical (unpaired) electrons. The number of hydrogen-bond acceptors (Lipinski definition) is 3. The van der Waals surface area contributed by atoms with Gasteiger partial charge in [-0.3, -0.25) is 4.98 Å². The van der Waals surface area contributed by atoms with E-state index in [1.54, 1.807) is 19.2 Å². The molecule has 0 spiro atoms. The van der Waals surface area contributed by atoms with Crippen LogP contribution < -0.4 is 0 Å². The summed E-state index contributed by atoms with van der Waals surface area (Å²) < 4.78 is 4.97. The Morgan fingerprint density at radius 3 is 2.65 bits per heavy atom. The predicted octanol–water partition coefficient (Wildman–Crippen LogP) is 2.53. The summed E-state index contributed by atoms with van der Waals surface area (Å²) in [6.07, 6.45) is 6.84. The first-order chi connectivity index (χ1) is 8.24. The van der Waals surface area contributed by atoms with Crippen LogP contribution in [-0.4, -0.2) is 29.8 Å². The largest absolute Gasteiger partial charge is 0.478 e. The Kier molecular flexibility index (Phi) is 6.25. The fourth-order valence-electron chi connectivity index (χ4n) is 1.60. The van der Waals surface area contributed by atoms with E-state index in [1.807, 2.05) is 0 Å². The molecule has 0 aliphatic carbocycles. The van der Waals surface area contributed by atoms with Gasteiger partial charge in [-0.2, -0.15) is 0 Å². The molecule has 1 aromatic rings.